The molecule has 3 aliphatic carbocycles. The number of benzene rings is 3. The van der Waals surface area contributed by atoms with Crippen LogP contribution in [0.2, 0.25) is 0 Å². The average molecular weight is 857 g/mol. The molecular formula is C38H46F6O11S2. The highest BCUT2D eigenvalue weighted by Gasteiger charge is 2.57. The zero-order chi connectivity index (χ0) is 44.0. The molecule has 3 aliphatic rings. The first-order valence-electron chi connectivity index (χ1n) is 17.3. The van der Waals surface area contributed by atoms with Crippen LogP contribution in [0.5, 0.6) is 0 Å². The van der Waals surface area contributed by atoms with Gasteiger partial charge in [-0.15, -0.1) is 3.63 Å². The number of hydrogen-bond acceptors (Lipinski definition) is 11. The van der Waals surface area contributed by atoms with Gasteiger partial charge in [-0.2, -0.15) is 43.2 Å². The Morgan fingerprint density at radius 2 is 0.772 bits per heavy atom. The van der Waals surface area contributed by atoms with E-state index in [-0.39, 0.29) is 5.97 Å². The first kappa shape index (κ1) is 52.5. The number of carbonyl (C=O) groups is 4. The van der Waals surface area contributed by atoms with Gasteiger partial charge in [0.25, 0.3) is 0 Å². The monoisotopic (exact) mass is 856 g/mol. The quantitative estimate of drug-likeness (QED) is 0.150. The molecule has 0 radical (unpaired) electrons. The Balaban J connectivity index is 0.000000688. The van der Waals surface area contributed by atoms with Crippen molar-refractivity contribution in [2.24, 2.45) is 0 Å². The number of ketones is 3. The number of aliphatic hydroxyl groups excluding tert-OH is 1. The molecule has 0 fully saturated rings. The number of hydrogen-bond donors (Lipinski definition) is 1. The molecular weight excluding hydrogens is 811 g/mol. The minimum Gasteiger partial charge on any atom is -0.469 e. The van der Waals surface area contributed by atoms with E-state index in [9.17, 15) is 62.4 Å². The standard InChI is InChI=1S/3C10H10O.C3H6O2.C2F6O5S2.C2H6.CH4O/c3*11-10-7-3-5-8-4-1-2-6-9(8)10;1-3(4)5-2;3-1(4,5)14(9,10)13-15(11,12)2(6,7)8;2*1-2/h3*1-2,4,6H,3,5,7H2;1-2H3;;1-2H3;2H,1H3. The number of Topliss-reactive ketones (excluding diaryl/α,β-unsaturated/α-hetero) is 3. The van der Waals surface area contributed by atoms with Crippen molar-refractivity contribution in [2.45, 2.75) is 89.6 Å². The minimum atomic E-state index is -6.85. The second-order valence-corrected chi connectivity index (χ2v) is 14.7. The molecule has 318 valence electrons. The second kappa shape index (κ2) is 25.0. The van der Waals surface area contributed by atoms with Gasteiger partial charge in [0.1, 0.15) is 0 Å². The highest BCUT2D eigenvalue weighted by Crippen LogP contribution is 2.32. The number of halogens is 6. The molecule has 0 heterocycles. The van der Waals surface area contributed by atoms with Crippen molar-refractivity contribution in [1.82, 2.24) is 0 Å². The Hall–Kier alpha value is -4.46. The Kier molecular flexibility index (Phi) is 23.1. The molecule has 0 unspecified atom stereocenters. The molecule has 6 rings (SSSR count). The second-order valence-electron chi connectivity index (χ2n) is 11.4. The number of rotatable bonds is 2. The van der Waals surface area contributed by atoms with Crippen molar-refractivity contribution in [1.29, 1.82) is 0 Å². The maximum Gasteiger partial charge on any atom is 0.524 e. The third kappa shape index (κ3) is 17.7. The van der Waals surface area contributed by atoms with Crippen LogP contribution in [-0.4, -0.2) is 70.5 Å². The maximum atomic E-state index is 11.4. The Bertz CT molecular complexity index is 1790. The summed E-state index contributed by atoms with van der Waals surface area (Å²) in [5, 5.41) is 7.00. The fourth-order valence-electron chi connectivity index (χ4n) is 4.95. The van der Waals surface area contributed by atoms with E-state index in [0.29, 0.717) is 17.3 Å². The van der Waals surface area contributed by atoms with E-state index < -0.39 is 31.3 Å². The predicted octanol–water partition coefficient (Wildman–Crippen LogP) is 8.13. The topological polar surface area (TPSA) is 175 Å². The van der Waals surface area contributed by atoms with Crippen LogP contribution in [0.15, 0.2) is 72.8 Å². The maximum absolute atomic E-state index is 11.4. The van der Waals surface area contributed by atoms with Gasteiger partial charge in [0, 0.05) is 50.0 Å². The highest BCUT2D eigenvalue weighted by molar-refractivity contribution is 8.00. The minimum absolute atomic E-state index is 0.245. The molecule has 3 aromatic rings. The van der Waals surface area contributed by atoms with Gasteiger partial charge < -0.3 is 9.84 Å². The van der Waals surface area contributed by atoms with E-state index in [4.69, 9.17) is 5.11 Å². The number of ether oxygens (including phenoxy) is 1. The van der Waals surface area contributed by atoms with Crippen LogP contribution in [0.1, 0.15) is 107 Å². The molecule has 0 bridgehead atoms. The smallest absolute Gasteiger partial charge is 0.469 e. The molecule has 1 N–H and O–H groups in total. The van der Waals surface area contributed by atoms with Crippen molar-refractivity contribution < 1.29 is 75.8 Å². The van der Waals surface area contributed by atoms with Crippen molar-refractivity contribution >= 4 is 43.6 Å². The molecule has 19 heteroatoms. The Labute approximate surface area is 328 Å². The van der Waals surface area contributed by atoms with Crippen LogP contribution < -0.4 is 0 Å². The summed E-state index contributed by atoms with van der Waals surface area (Å²) in [4.78, 5) is 43.4. The lowest BCUT2D eigenvalue weighted by atomic mass is 9.91. The summed E-state index contributed by atoms with van der Waals surface area (Å²) in [6.45, 7) is 5.36. The molecule has 0 saturated heterocycles. The molecule has 11 nitrogen and oxygen atoms in total. The van der Waals surface area contributed by atoms with Crippen molar-refractivity contribution in [3.05, 3.63) is 106 Å². The number of methoxy groups -OCH3 is 1. The van der Waals surface area contributed by atoms with Crippen molar-refractivity contribution in [3.8, 4) is 0 Å². The first-order valence-corrected chi connectivity index (χ1v) is 20.1. The molecule has 3 aromatic carbocycles. The molecule has 0 spiro atoms. The van der Waals surface area contributed by atoms with Crippen LogP contribution in [0.4, 0.5) is 26.3 Å². The Morgan fingerprint density at radius 1 is 0.544 bits per heavy atom. The molecule has 0 saturated carbocycles. The van der Waals surface area contributed by atoms with Gasteiger partial charge in [0.05, 0.1) is 7.11 Å². The van der Waals surface area contributed by atoms with Gasteiger partial charge >= 0.3 is 37.2 Å². The van der Waals surface area contributed by atoms with Gasteiger partial charge in [-0.3, -0.25) is 19.2 Å². The molecule has 0 aromatic heterocycles. The van der Waals surface area contributed by atoms with Gasteiger partial charge in [-0.05, 0) is 55.2 Å². The van der Waals surface area contributed by atoms with E-state index in [0.717, 1.165) is 81.6 Å². The fourth-order valence-corrected chi connectivity index (χ4v) is 6.51. The lowest BCUT2D eigenvalue weighted by Crippen LogP contribution is -2.34. The summed E-state index contributed by atoms with van der Waals surface area (Å²) in [6.07, 6.45) is 8.48. The van der Waals surface area contributed by atoms with Gasteiger partial charge in [-0.1, -0.05) is 86.6 Å². The number of aryl methyl sites for hydroxylation is 3. The third-order valence-electron chi connectivity index (χ3n) is 7.54. The van der Waals surface area contributed by atoms with Gasteiger partial charge in [-0.25, -0.2) is 0 Å². The molecule has 0 amide bonds. The van der Waals surface area contributed by atoms with E-state index >= 15 is 0 Å². The lowest BCUT2D eigenvalue weighted by molar-refractivity contribution is -0.137. The summed E-state index contributed by atoms with van der Waals surface area (Å²) in [5.41, 5.74) is -6.01. The number of alkyl halides is 6. The normalized spacial score (nSPS) is 14.2. The van der Waals surface area contributed by atoms with E-state index in [1.54, 1.807) is 0 Å². The van der Waals surface area contributed by atoms with Crippen LogP contribution in [0, 0.1) is 0 Å². The summed E-state index contributed by atoms with van der Waals surface area (Å²) in [6, 6.07) is 23.7. The molecule has 57 heavy (non-hydrogen) atoms. The van der Waals surface area contributed by atoms with Crippen LogP contribution in [0.25, 0.3) is 0 Å². The number of aliphatic hydroxyl groups is 1. The fraction of sp³-hybridized carbons (Fsp3) is 0.421. The first-order chi connectivity index (χ1) is 26.6. The van der Waals surface area contributed by atoms with E-state index in [1.165, 1.54) is 30.7 Å². The van der Waals surface area contributed by atoms with E-state index in [1.807, 2.05) is 90.3 Å². The largest absolute Gasteiger partial charge is 0.524 e. The zero-order valence-corrected chi connectivity index (χ0v) is 33.5. The highest BCUT2D eigenvalue weighted by atomic mass is 32.3. The van der Waals surface area contributed by atoms with Gasteiger partial charge in [0.15, 0.2) is 17.3 Å². The van der Waals surface area contributed by atoms with Crippen LogP contribution in [0.3, 0.4) is 0 Å². The number of fused-ring (bicyclic) bond motifs is 3. The molecule has 0 aliphatic heterocycles. The summed E-state index contributed by atoms with van der Waals surface area (Å²) < 4.78 is 114. The zero-order valence-electron chi connectivity index (χ0n) is 31.9. The third-order valence-corrected chi connectivity index (χ3v) is 10.1. The predicted molar refractivity (Wildman–Crippen MR) is 199 cm³/mol. The number of esters is 1. The summed E-state index contributed by atoms with van der Waals surface area (Å²) >= 11 is 0. The van der Waals surface area contributed by atoms with E-state index in [2.05, 4.69) is 4.74 Å². The summed E-state index contributed by atoms with van der Waals surface area (Å²) in [7, 11) is -11.3. The van der Waals surface area contributed by atoms with Crippen LogP contribution in [-0.2, 0) is 52.7 Å². The van der Waals surface area contributed by atoms with Crippen molar-refractivity contribution in [3.63, 3.8) is 0 Å². The van der Waals surface area contributed by atoms with Crippen LogP contribution >= 0.6 is 0 Å². The van der Waals surface area contributed by atoms with Gasteiger partial charge in [0.2, 0.25) is 0 Å². The molecule has 0 atom stereocenters. The number of carbonyl (C=O) groups excluding carboxylic acids is 4. The Morgan fingerprint density at radius 3 is 0.965 bits per heavy atom. The lowest BCUT2D eigenvalue weighted by Gasteiger charge is -2.12. The van der Waals surface area contributed by atoms with Crippen molar-refractivity contribution in [2.75, 3.05) is 14.2 Å². The average Bonchev–Trinajstić information content (AvgIpc) is 3.17. The SMILES string of the molecule is CC.CO.COC(C)=O.O=C1CCCc2ccccc21.O=C1CCCc2ccccc21.O=C1CCCc2ccccc21.O=S(=O)(OS(=O)(=O)C(F)(F)F)C(F)(F)F. The summed E-state index contributed by atoms with van der Waals surface area (Å²) in [5.74, 6) is 0.690.